The normalized spacial score (nSPS) is 13.0. The van der Waals surface area contributed by atoms with E-state index in [0.717, 1.165) is 56.8 Å². The van der Waals surface area contributed by atoms with E-state index in [1.807, 2.05) is 36.5 Å². The standard InChI is InChI=1S/C55H39N5OSi/c1-58-49-31-14-12-29-47(49)57-54(58)38-18-15-22-41(36-38)61-42-23-16-21-40(37-42)60-50-34-33-46-45-28-11-13-30-48(45)59(39-19-5-2-6-20-39)52(46)53(50)62(43-24-7-3-8-25-43,44-26-9-4-10-27-44)51-32-17-35-56-55(51)60/h2-37H,1H3. The highest BCUT2D eigenvalue weighted by Crippen LogP contribution is 2.43. The van der Waals surface area contributed by atoms with Gasteiger partial charge in [-0.3, -0.25) is 4.90 Å². The smallest absolute Gasteiger partial charge is 0.188 e. The van der Waals surface area contributed by atoms with Gasteiger partial charge < -0.3 is 13.9 Å². The number of imidazole rings is 1. The van der Waals surface area contributed by atoms with Crippen LogP contribution in [0.15, 0.2) is 219 Å². The van der Waals surface area contributed by atoms with Crippen LogP contribution in [0.25, 0.3) is 49.9 Å². The molecule has 0 saturated heterocycles. The molecular weight excluding hydrogens is 775 g/mol. The summed E-state index contributed by atoms with van der Waals surface area (Å²) in [5.41, 5.74) is 8.60. The lowest BCUT2D eigenvalue weighted by molar-refractivity contribution is 0.483. The molecule has 8 aromatic carbocycles. The highest BCUT2D eigenvalue weighted by atomic mass is 28.3. The zero-order valence-corrected chi connectivity index (χ0v) is 34.9. The summed E-state index contributed by atoms with van der Waals surface area (Å²) in [7, 11) is -1.08. The van der Waals surface area contributed by atoms with Gasteiger partial charge in [-0.2, -0.15) is 0 Å². The predicted octanol–water partition coefficient (Wildman–Crippen LogP) is 10.7. The Bertz CT molecular complexity index is 3430. The average molecular weight is 814 g/mol. The van der Waals surface area contributed by atoms with Gasteiger partial charge in [0.1, 0.15) is 23.1 Å². The molecule has 0 N–H and O–H groups in total. The summed E-state index contributed by atoms with van der Waals surface area (Å²) in [4.78, 5) is 12.6. The number of hydrogen-bond donors (Lipinski definition) is 0. The molecule has 0 aliphatic carbocycles. The molecule has 0 radical (unpaired) electrons. The number of ether oxygens (including phenoxy) is 1. The molecule has 294 valence electrons. The van der Waals surface area contributed by atoms with Gasteiger partial charge in [0.25, 0.3) is 0 Å². The summed E-state index contributed by atoms with van der Waals surface area (Å²) < 4.78 is 11.4. The van der Waals surface area contributed by atoms with Gasteiger partial charge in [-0.15, -0.1) is 0 Å². The summed E-state index contributed by atoms with van der Waals surface area (Å²) in [6.45, 7) is 0. The molecule has 0 atom stereocenters. The van der Waals surface area contributed by atoms with Gasteiger partial charge in [-0.1, -0.05) is 140 Å². The van der Waals surface area contributed by atoms with Crippen LogP contribution < -0.4 is 30.4 Å². The summed E-state index contributed by atoms with van der Waals surface area (Å²) >= 11 is 0. The lowest BCUT2D eigenvalue weighted by atomic mass is 10.1. The third kappa shape index (κ3) is 5.42. The number of benzene rings is 8. The zero-order valence-electron chi connectivity index (χ0n) is 33.9. The number of pyridine rings is 1. The molecule has 3 aromatic heterocycles. The number of fused-ring (bicyclic) bond motifs is 7. The predicted molar refractivity (Wildman–Crippen MR) is 257 cm³/mol. The molecule has 6 nitrogen and oxygen atoms in total. The van der Waals surface area contributed by atoms with Gasteiger partial charge in [0, 0.05) is 46.5 Å². The molecule has 0 amide bonds. The molecule has 4 heterocycles. The Hall–Kier alpha value is -8.00. The molecule has 62 heavy (non-hydrogen) atoms. The first-order valence-electron chi connectivity index (χ1n) is 21.0. The van der Waals surface area contributed by atoms with Gasteiger partial charge >= 0.3 is 0 Å². The van der Waals surface area contributed by atoms with Crippen molar-refractivity contribution in [3.8, 4) is 28.6 Å². The fourth-order valence-corrected chi connectivity index (χ4v) is 15.1. The van der Waals surface area contributed by atoms with E-state index in [2.05, 4.69) is 203 Å². The van der Waals surface area contributed by atoms with Crippen LogP contribution in [0.4, 0.5) is 17.2 Å². The van der Waals surface area contributed by atoms with E-state index >= 15 is 0 Å². The van der Waals surface area contributed by atoms with E-state index in [4.69, 9.17) is 14.7 Å². The van der Waals surface area contributed by atoms with Gasteiger partial charge in [-0.05, 0) is 82.3 Å². The first-order valence-corrected chi connectivity index (χ1v) is 23.0. The topological polar surface area (TPSA) is 48.1 Å². The van der Waals surface area contributed by atoms with Crippen molar-refractivity contribution in [2.24, 2.45) is 7.05 Å². The Labute approximate surface area is 360 Å². The quantitative estimate of drug-likeness (QED) is 0.150. The minimum atomic E-state index is -3.14. The average Bonchev–Trinajstić information content (AvgIpc) is 3.86. The third-order valence-corrected chi connectivity index (χ3v) is 17.3. The Balaban J connectivity index is 1.11. The van der Waals surface area contributed by atoms with Gasteiger partial charge in [0.2, 0.25) is 0 Å². The molecule has 1 aliphatic heterocycles. The van der Waals surface area contributed by atoms with Crippen molar-refractivity contribution in [2.75, 3.05) is 4.90 Å². The van der Waals surface area contributed by atoms with Crippen LogP contribution in [0.5, 0.6) is 11.5 Å². The van der Waals surface area contributed by atoms with Crippen molar-refractivity contribution in [1.29, 1.82) is 0 Å². The maximum atomic E-state index is 6.75. The number of aryl methyl sites for hydroxylation is 1. The number of para-hydroxylation sites is 4. The van der Waals surface area contributed by atoms with E-state index in [-0.39, 0.29) is 0 Å². The maximum absolute atomic E-state index is 6.75. The number of aromatic nitrogens is 4. The first kappa shape index (κ1) is 35.9. The SMILES string of the molecule is Cn1c(-c2cccc(Oc3cccc(N4c5ccc6c7ccccc7n(-c7ccccc7)c6c5[Si](c5ccccc5)(c5ccccc5)c5cccnc54)c3)c2)nc2ccccc21. The van der Waals surface area contributed by atoms with Crippen molar-refractivity contribution in [3.63, 3.8) is 0 Å². The minimum absolute atomic E-state index is 0.725. The van der Waals surface area contributed by atoms with Crippen molar-refractivity contribution in [2.45, 2.75) is 0 Å². The summed E-state index contributed by atoms with van der Waals surface area (Å²) in [5, 5.41) is 7.58. The molecule has 0 spiro atoms. The lowest BCUT2D eigenvalue weighted by Gasteiger charge is -2.44. The molecular formula is C55H39N5OSi. The van der Waals surface area contributed by atoms with Crippen molar-refractivity contribution in [1.82, 2.24) is 19.1 Å². The second-order valence-corrected chi connectivity index (χ2v) is 19.5. The van der Waals surface area contributed by atoms with Crippen LogP contribution in [0.1, 0.15) is 0 Å². The molecule has 0 fully saturated rings. The van der Waals surface area contributed by atoms with E-state index in [1.165, 1.54) is 42.6 Å². The number of anilines is 3. The molecule has 0 unspecified atom stereocenters. The number of rotatable bonds is 7. The molecule has 7 heteroatoms. The van der Waals surface area contributed by atoms with Crippen LogP contribution in [0, 0.1) is 0 Å². The van der Waals surface area contributed by atoms with Gasteiger partial charge in [-0.25, -0.2) is 9.97 Å². The first-order chi connectivity index (χ1) is 30.7. The van der Waals surface area contributed by atoms with Crippen LogP contribution >= 0.6 is 0 Å². The Kier molecular flexibility index (Phi) is 8.30. The summed E-state index contributed by atoms with van der Waals surface area (Å²) in [6, 6.07) is 75.9. The Morgan fingerprint density at radius 3 is 1.92 bits per heavy atom. The number of hydrogen-bond acceptors (Lipinski definition) is 4. The van der Waals surface area contributed by atoms with E-state index in [1.54, 1.807) is 0 Å². The summed E-state index contributed by atoms with van der Waals surface area (Å²) in [5.74, 6) is 3.27. The van der Waals surface area contributed by atoms with Crippen molar-refractivity contribution < 1.29 is 4.74 Å². The fraction of sp³-hybridized carbons (Fsp3) is 0.0182. The molecule has 12 rings (SSSR count). The summed E-state index contributed by atoms with van der Waals surface area (Å²) in [6.07, 6.45) is 1.93. The Morgan fingerprint density at radius 2 is 1.16 bits per heavy atom. The van der Waals surface area contributed by atoms with Crippen LogP contribution in [0.2, 0.25) is 0 Å². The van der Waals surface area contributed by atoms with Crippen molar-refractivity contribution >= 4 is 78.9 Å². The second kappa shape index (κ2) is 14.3. The van der Waals surface area contributed by atoms with Crippen LogP contribution in [-0.4, -0.2) is 27.2 Å². The number of nitrogens with zero attached hydrogens (tertiary/aromatic N) is 5. The Morgan fingerprint density at radius 1 is 0.516 bits per heavy atom. The monoisotopic (exact) mass is 813 g/mol. The van der Waals surface area contributed by atoms with Crippen molar-refractivity contribution in [3.05, 3.63) is 219 Å². The maximum Gasteiger partial charge on any atom is 0.188 e. The fourth-order valence-electron chi connectivity index (χ4n) is 9.89. The third-order valence-electron chi connectivity index (χ3n) is 12.5. The highest BCUT2D eigenvalue weighted by molar-refractivity contribution is 7.22. The van der Waals surface area contributed by atoms with Crippen LogP contribution in [0.3, 0.4) is 0 Å². The van der Waals surface area contributed by atoms with Gasteiger partial charge in [0.15, 0.2) is 8.07 Å². The minimum Gasteiger partial charge on any atom is -0.457 e. The van der Waals surface area contributed by atoms with E-state index in [0.29, 0.717) is 0 Å². The second-order valence-electron chi connectivity index (χ2n) is 15.8. The van der Waals surface area contributed by atoms with Gasteiger partial charge in [0.05, 0.1) is 33.4 Å². The van der Waals surface area contributed by atoms with Crippen LogP contribution in [-0.2, 0) is 7.05 Å². The molecule has 0 bridgehead atoms. The molecule has 0 saturated carbocycles. The zero-order chi connectivity index (χ0) is 41.2. The van der Waals surface area contributed by atoms with E-state index in [9.17, 15) is 0 Å². The highest BCUT2D eigenvalue weighted by Gasteiger charge is 2.51. The van der Waals surface area contributed by atoms with E-state index < -0.39 is 8.07 Å². The lowest BCUT2D eigenvalue weighted by Crippen LogP contribution is -2.77. The largest absolute Gasteiger partial charge is 0.457 e. The molecule has 11 aromatic rings. The molecule has 1 aliphatic rings.